The fraction of sp³-hybridized carbons (Fsp3) is 1.00. The van der Waals surface area contributed by atoms with Gasteiger partial charge in [0.25, 0.3) is 0 Å². The Hall–Kier alpha value is 0.787. The van der Waals surface area contributed by atoms with Crippen molar-refractivity contribution in [1.29, 1.82) is 0 Å². The highest BCUT2D eigenvalue weighted by Gasteiger charge is 2.71. The fourth-order valence-corrected chi connectivity index (χ4v) is 5.27. The van der Waals surface area contributed by atoms with E-state index in [2.05, 4.69) is 56.5 Å². The number of rotatable bonds is 8. The minimum absolute atomic E-state index is 0.210. The average Bonchev–Trinajstić information content (AvgIpc) is 3.19. The second-order valence-electron chi connectivity index (χ2n) is 8.42. The molecule has 0 bridgehead atoms. The quantitative estimate of drug-likeness (QED) is 0.177. The zero-order valence-corrected chi connectivity index (χ0v) is 18.7. The second-order valence-corrected chi connectivity index (χ2v) is 14.3. The van der Waals surface area contributed by atoms with Gasteiger partial charge in [0, 0.05) is 11.5 Å². The Bertz CT molecular complexity index is 408. The molecule has 0 aromatic carbocycles. The van der Waals surface area contributed by atoms with E-state index < -0.39 is 8.32 Å². The molecular weight excluding hydrogens is 423 g/mol. The van der Waals surface area contributed by atoms with E-state index >= 15 is 0 Å². The topological polar surface area (TPSA) is 40.2 Å². The van der Waals surface area contributed by atoms with Crippen LogP contribution in [0.15, 0.2) is 0 Å². The van der Waals surface area contributed by atoms with Gasteiger partial charge in [0.05, 0.1) is 12.7 Å². The lowest BCUT2D eigenvalue weighted by Crippen LogP contribution is -2.56. The molecule has 136 valence electrons. The van der Waals surface area contributed by atoms with E-state index in [4.69, 9.17) is 18.6 Å². The largest absolute Gasteiger partial charge is 0.414 e. The highest BCUT2D eigenvalue weighted by Crippen LogP contribution is 2.57. The smallest absolute Gasteiger partial charge is 0.192 e. The van der Waals surface area contributed by atoms with Crippen LogP contribution in [-0.4, -0.2) is 50.6 Å². The lowest BCUT2D eigenvalue weighted by Gasteiger charge is -2.44. The zero-order chi connectivity index (χ0) is 17.4. The molecule has 4 nitrogen and oxygen atoms in total. The van der Waals surface area contributed by atoms with Crippen LogP contribution >= 0.6 is 22.6 Å². The van der Waals surface area contributed by atoms with E-state index in [1.54, 1.807) is 7.11 Å². The standard InChI is InChI=1S/C17H33IO4Si/c1-15(2,3)23(5,6)21-12-17-14(22-17)8-7-9-16(17,10-11-18)20-13-19-4/h14H,7-13H2,1-6H3/t14-,16+,17+/m1/s1. The minimum atomic E-state index is -1.79. The van der Waals surface area contributed by atoms with Crippen molar-refractivity contribution in [2.24, 2.45) is 0 Å². The number of hydrogen-bond acceptors (Lipinski definition) is 4. The van der Waals surface area contributed by atoms with Crippen LogP contribution in [0.3, 0.4) is 0 Å². The van der Waals surface area contributed by atoms with Gasteiger partial charge in [-0.15, -0.1) is 0 Å². The van der Waals surface area contributed by atoms with Gasteiger partial charge in [-0.05, 0) is 43.8 Å². The van der Waals surface area contributed by atoms with E-state index in [0.29, 0.717) is 19.5 Å². The van der Waals surface area contributed by atoms with Crippen molar-refractivity contribution in [3.63, 3.8) is 0 Å². The Labute approximate surface area is 156 Å². The molecule has 2 fully saturated rings. The highest BCUT2D eigenvalue weighted by molar-refractivity contribution is 14.1. The summed E-state index contributed by atoms with van der Waals surface area (Å²) in [5, 5.41) is 0.210. The zero-order valence-electron chi connectivity index (χ0n) is 15.5. The van der Waals surface area contributed by atoms with Gasteiger partial charge in [0.2, 0.25) is 0 Å². The van der Waals surface area contributed by atoms with Crippen molar-refractivity contribution in [1.82, 2.24) is 0 Å². The predicted octanol–water partition coefficient (Wildman–Crippen LogP) is 4.51. The molecular formula is C17H33IO4Si. The molecule has 2 rings (SSSR count). The Balaban J connectivity index is 2.16. The molecule has 3 atom stereocenters. The van der Waals surface area contributed by atoms with Gasteiger partial charge in [-0.25, -0.2) is 0 Å². The Morgan fingerprint density at radius 1 is 1.30 bits per heavy atom. The lowest BCUT2D eigenvalue weighted by molar-refractivity contribution is -0.176. The summed E-state index contributed by atoms with van der Waals surface area (Å²) in [6.07, 6.45) is 4.61. The van der Waals surface area contributed by atoms with Gasteiger partial charge in [0.1, 0.15) is 18.0 Å². The predicted molar refractivity (Wildman–Crippen MR) is 104 cm³/mol. The number of halogens is 1. The maximum Gasteiger partial charge on any atom is 0.192 e. The molecule has 0 aromatic rings. The molecule has 1 saturated heterocycles. The van der Waals surface area contributed by atoms with E-state index in [9.17, 15) is 0 Å². The number of epoxide rings is 1. The summed E-state index contributed by atoms with van der Waals surface area (Å²) in [7, 11) is -0.109. The number of methoxy groups -OCH3 is 1. The Morgan fingerprint density at radius 3 is 2.57 bits per heavy atom. The van der Waals surface area contributed by atoms with Crippen LogP contribution in [0.2, 0.25) is 18.1 Å². The fourth-order valence-electron chi connectivity index (χ4n) is 3.39. The summed E-state index contributed by atoms with van der Waals surface area (Å²) in [6, 6.07) is 0. The maximum absolute atomic E-state index is 6.55. The summed E-state index contributed by atoms with van der Waals surface area (Å²) in [5.74, 6) is 0. The van der Waals surface area contributed by atoms with E-state index in [1.807, 2.05) is 0 Å². The van der Waals surface area contributed by atoms with Crippen molar-refractivity contribution in [2.45, 2.75) is 81.9 Å². The summed E-state index contributed by atoms with van der Waals surface area (Å²) in [6.45, 7) is 12.4. The van der Waals surface area contributed by atoms with Crippen LogP contribution in [0, 0.1) is 0 Å². The molecule has 2 aliphatic rings. The van der Waals surface area contributed by atoms with Crippen LogP contribution in [0.4, 0.5) is 0 Å². The average molecular weight is 456 g/mol. The molecule has 0 aromatic heterocycles. The van der Waals surface area contributed by atoms with Crippen molar-refractivity contribution in [3.8, 4) is 0 Å². The normalized spacial score (nSPS) is 34.3. The Morgan fingerprint density at radius 2 is 2.00 bits per heavy atom. The number of ether oxygens (including phenoxy) is 3. The summed E-state index contributed by atoms with van der Waals surface area (Å²) in [5.41, 5.74) is -0.514. The van der Waals surface area contributed by atoms with Gasteiger partial charge in [-0.1, -0.05) is 43.4 Å². The van der Waals surface area contributed by atoms with Gasteiger partial charge in [-0.2, -0.15) is 0 Å². The first-order valence-electron chi connectivity index (χ1n) is 8.65. The third-order valence-corrected chi connectivity index (χ3v) is 11.1. The van der Waals surface area contributed by atoms with E-state index in [-0.39, 0.29) is 16.2 Å². The molecule has 0 spiro atoms. The summed E-state index contributed by atoms with van der Waals surface area (Å²) >= 11 is 2.44. The molecule has 0 amide bonds. The van der Waals surface area contributed by atoms with Gasteiger partial charge in [0.15, 0.2) is 8.32 Å². The molecule has 0 radical (unpaired) electrons. The van der Waals surface area contributed by atoms with Gasteiger partial charge in [-0.3, -0.25) is 0 Å². The van der Waals surface area contributed by atoms with Crippen molar-refractivity contribution >= 4 is 30.9 Å². The highest BCUT2D eigenvalue weighted by atomic mass is 127. The van der Waals surface area contributed by atoms with Crippen LogP contribution in [0.1, 0.15) is 46.5 Å². The Kier molecular flexibility index (Phi) is 6.28. The first kappa shape index (κ1) is 20.1. The number of alkyl halides is 1. The molecule has 1 aliphatic heterocycles. The molecule has 0 N–H and O–H groups in total. The maximum atomic E-state index is 6.55. The second kappa shape index (κ2) is 7.19. The SMILES string of the molecule is COCO[C@]1(CCI)CCC[C@H]2O[C@@]21CO[Si](C)(C)C(C)(C)C. The number of fused-ring (bicyclic) bond motifs is 1. The third kappa shape index (κ3) is 3.82. The first-order chi connectivity index (χ1) is 10.6. The van der Waals surface area contributed by atoms with Crippen molar-refractivity contribution in [3.05, 3.63) is 0 Å². The van der Waals surface area contributed by atoms with Crippen LogP contribution in [0.25, 0.3) is 0 Å². The van der Waals surface area contributed by atoms with Gasteiger partial charge < -0.3 is 18.6 Å². The lowest BCUT2D eigenvalue weighted by atomic mass is 9.73. The molecule has 1 aliphatic carbocycles. The minimum Gasteiger partial charge on any atom is -0.414 e. The third-order valence-electron chi connectivity index (χ3n) is 6.04. The molecule has 1 heterocycles. The van der Waals surface area contributed by atoms with E-state index in [0.717, 1.165) is 30.1 Å². The number of hydrogen-bond donors (Lipinski definition) is 0. The van der Waals surface area contributed by atoms with Crippen LogP contribution < -0.4 is 0 Å². The molecule has 1 saturated carbocycles. The van der Waals surface area contributed by atoms with Crippen LogP contribution in [-0.2, 0) is 18.6 Å². The summed E-state index contributed by atoms with van der Waals surface area (Å²) < 4.78 is 25.3. The summed E-state index contributed by atoms with van der Waals surface area (Å²) in [4.78, 5) is 0. The van der Waals surface area contributed by atoms with Crippen molar-refractivity contribution in [2.75, 3.05) is 24.9 Å². The molecule has 23 heavy (non-hydrogen) atoms. The van der Waals surface area contributed by atoms with Crippen molar-refractivity contribution < 1.29 is 18.6 Å². The van der Waals surface area contributed by atoms with Gasteiger partial charge >= 0.3 is 0 Å². The monoisotopic (exact) mass is 456 g/mol. The molecule has 0 unspecified atom stereocenters. The molecule has 6 heteroatoms. The van der Waals surface area contributed by atoms with Crippen LogP contribution in [0.5, 0.6) is 0 Å². The van der Waals surface area contributed by atoms with E-state index in [1.165, 1.54) is 0 Å². The first-order valence-corrected chi connectivity index (χ1v) is 13.1.